The maximum atomic E-state index is 13.9. The molecule has 0 aromatic heterocycles. The number of ketones is 1. The van der Waals surface area contributed by atoms with E-state index in [0.29, 0.717) is 5.75 Å². The molecule has 2 heterocycles. The smallest absolute Gasteiger partial charge is 0.269 e. The van der Waals surface area contributed by atoms with Gasteiger partial charge < -0.3 is 15.4 Å². The number of non-ortho nitro benzene ring substituents is 1. The van der Waals surface area contributed by atoms with Crippen molar-refractivity contribution in [3.8, 4) is 17.9 Å². The van der Waals surface area contributed by atoms with E-state index in [2.05, 4.69) is 0 Å². The van der Waals surface area contributed by atoms with Gasteiger partial charge in [0.05, 0.1) is 29.7 Å². The Morgan fingerprint density at radius 1 is 1.20 bits per heavy atom. The van der Waals surface area contributed by atoms with E-state index in [1.165, 1.54) is 54.6 Å². The number of carbonyl (C=O) groups excluding carboxylic acids is 2. The number of ether oxygens (including phenoxy) is 1. The van der Waals surface area contributed by atoms with E-state index in [1.54, 1.807) is 24.3 Å². The second-order valence-corrected chi connectivity index (χ2v) is 8.16. The summed E-state index contributed by atoms with van der Waals surface area (Å²) in [5.74, 6) is -2.06. The van der Waals surface area contributed by atoms with E-state index < -0.39 is 40.0 Å². The molecule has 2 aromatic rings. The van der Waals surface area contributed by atoms with Crippen molar-refractivity contribution >= 4 is 17.4 Å². The molecule has 0 radical (unpaired) electrons. The zero-order valence-corrected chi connectivity index (χ0v) is 18.5. The molecular formula is C25H19N5O5. The first kappa shape index (κ1) is 23.2. The van der Waals surface area contributed by atoms with E-state index >= 15 is 0 Å². The highest BCUT2D eigenvalue weighted by atomic mass is 16.6. The predicted octanol–water partition coefficient (Wildman–Crippen LogP) is 2.60. The molecule has 4 rings (SSSR count). The fraction of sp³-hybridized carbons (Fsp3) is 0.200. The number of Topliss-reactive ketones (excluding diaryl/α,β-unsaturated/α-hetero) is 1. The number of rotatable bonds is 6. The molecule has 10 heteroatoms. The van der Waals surface area contributed by atoms with E-state index in [4.69, 9.17) is 10.5 Å². The Balaban J connectivity index is 1.98. The highest BCUT2D eigenvalue weighted by Gasteiger charge is 2.65. The Hall–Kier alpha value is -4.96. The van der Waals surface area contributed by atoms with Crippen LogP contribution in [0.2, 0.25) is 0 Å². The number of nitrogens with zero attached hydrogens (tertiary/aromatic N) is 4. The molecule has 2 aliphatic rings. The molecule has 2 aromatic carbocycles. The van der Waals surface area contributed by atoms with Crippen molar-refractivity contribution < 1.29 is 19.2 Å². The summed E-state index contributed by atoms with van der Waals surface area (Å²) in [6.45, 7) is 0. The number of hydrogen-bond acceptors (Lipinski definition) is 8. The molecule has 2 N–H and O–H groups in total. The van der Waals surface area contributed by atoms with Crippen LogP contribution in [0.15, 0.2) is 72.5 Å². The van der Waals surface area contributed by atoms with Gasteiger partial charge in [-0.05, 0) is 35.9 Å². The molecule has 1 unspecified atom stereocenters. The molecular weight excluding hydrogens is 450 g/mol. The van der Waals surface area contributed by atoms with Gasteiger partial charge >= 0.3 is 0 Å². The minimum atomic E-state index is -1.95. The fourth-order valence-corrected chi connectivity index (χ4v) is 4.87. The highest BCUT2D eigenvalue weighted by Crippen LogP contribution is 2.54. The maximum Gasteiger partial charge on any atom is 0.269 e. The van der Waals surface area contributed by atoms with Gasteiger partial charge in [-0.3, -0.25) is 19.7 Å². The monoisotopic (exact) mass is 469 g/mol. The summed E-state index contributed by atoms with van der Waals surface area (Å²) >= 11 is 0. The maximum absolute atomic E-state index is 13.9. The number of benzene rings is 2. The standard InChI is InChI=1S/C25H19N5O5/c1-35-19-8-6-16(7-9-19)23(31)22-21(17-3-2-4-18(11-17)30(33)34)25(14-27,24(28)32)20-10-5-15(12-26)13-29(20)22/h2-11,13,20-22H,1H3,(H2,28,32)/t20?,21-,22+,25-/m1/s1. The molecule has 35 heavy (non-hydrogen) atoms. The number of nitro groups is 1. The zero-order chi connectivity index (χ0) is 25.3. The third-order valence-corrected chi connectivity index (χ3v) is 6.47. The van der Waals surface area contributed by atoms with Crippen LogP contribution in [0.3, 0.4) is 0 Å². The average Bonchev–Trinajstić information content (AvgIpc) is 3.18. The van der Waals surface area contributed by atoms with Gasteiger partial charge in [-0.15, -0.1) is 0 Å². The van der Waals surface area contributed by atoms with Crippen molar-refractivity contribution in [2.45, 2.75) is 18.0 Å². The number of methoxy groups -OCH3 is 1. The first-order valence-electron chi connectivity index (χ1n) is 10.5. The number of allylic oxidation sites excluding steroid dienone is 2. The van der Waals surface area contributed by atoms with Gasteiger partial charge in [0.25, 0.3) is 5.69 Å². The van der Waals surface area contributed by atoms with Crippen LogP contribution in [0.5, 0.6) is 5.75 Å². The molecule has 0 saturated carbocycles. The van der Waals surface area contributed by atoms with Crippen LogP contribution < -0.4 is 10.5 Å². The summed E-state index contributed by atoms with van der Waals surface area (Å²) < 4.78 is 5.15. The van der Waals surface area contributed by atoms with Crippen molar-refractivity contribution in [3.63, 3.8) is 0 Å². The molecule has 2 aliphatic heterocycles. The minimum Gasteiger partial charge on any atom is -0.497 e. The lowest BCUT2D eigenvalue weighted by molar-refractivity contribution is -0.384. The van der Waals surface area contributed by atoms with Crippen LogP contribution in [-0.4, -0.2) is 40.7 Å². The van der Waals surface area contributed by atoms with Gasteiger partial charge in [0, 0.05) is 29.8 Å². The van der Waals surface area contributed by atoms with E-state index in [9.17, 15) is 30.2 Å². The van der Waals surface area contributed by atoms with Crippen molar-refractivity contribution in [1.29, 1.82) is 10.5 Å². The first-order valence-corrected chi connectivity index (χ1v) is 10.5. The molecule has 10 nitrogen and oxygen atoms in total. The Labute approximate surface area is 200 Å². The summed E-state index contributed by atoms with van der Waals surface area (Å²) in [6.07, 6.45) is 4.38. The van der Waals surface area contributed by atoms with Crippen LogP contribution in [0.25, 0.3) is 0 Å². The molecule has 0 aliphatic carbocycles. The van der Waals surface area contributed by atoms with E-state index in [0.717, 1.165) is 0 Å². The van der Waals surface area contributed by atoms with Crippen LogP contribution in [0.4, 0.5) is 5.69 Å². The summed E-state index contributed by atoms with van der Waals surface area (Å²) in [6, 6.07) is 13.7. The number of amides is 1. The Kier molecular flexibility index (Phi) is 5.81. The number of nitriles is 2. The van der Waals surface area contributed by atoms with Crippen molar-refractivity contribution in [3.05, 3.63) is 93.7 Å². The molecule has 1 fully saturated rings. The lowest BCUT2D eigenvalue weighted by Crippen LogP contribution is -2.47. The third kappa shape index (κ3) is 3.58. The summed E-state index contributed by atoms with van der Waals surface area (Å²) in [5.41, 5.74) is 4.32. The molecule has 174 valence electrons. The van der Waals surface area contributed by atoms with E-state index in [-0.39, 0.29) is 22.4 Å². The quantitative estimate of drug-likeness (QED) is 0.383. The summed E-state index contributed by atoms with van der Waals surface area (Å²) in [4.78, 5) is 39.2. The van der Waals surface area contributed by atoms with Gasteiger partial charge in [0.1, 0.15) is 17.9 Å². The highest BCUT2D eigenvalue weighted by molar-refractivity contribution is 6.03. The molecule has 1 amide bonds. The number of primary amides is 1. The molecule has 0 bridgehead atoms. The number of nitrogens with two attached hydrogens (primary N) is 1. The lowest BCUT2D eigenvalue weighted by atomic mass is 9.67. The van der Waals surface area contributed by atoms with Crippen LogP contribution in [-0.2, 0) is 4.79 Å². The Bertz CT molecular complexity index is 1370. The fourth-order valence-electron chi connectivity index (χ4n) is 4.87. The zero-order valence-electron chi connectivity index (χ0n) is 18.5. The largest absolute Gasteiger partial charge is 0.497 e. The Morgan fingerprint density at radius 3 is 2.49 bits per heavy atom. The average molecular weight is 469 g/mol. The third-order valence-electron chi connectivity index (χ3n) is 6.47. The van der Waals surface area contributed by atoms with Crippen LogP contribution >= 0.6 is 0 Å². The second kappa shape index (κ2) is 8.76. The molecule has 1 saturated heterocycles. The molecule has 4 atom stereocenters. The van der Waals surface area contributed by atoms with Gasteiger partial charge in [0.2, 0.25) is 5.91 Å². The van der Waals surface area contributed by atoms with Gasteiger partial charge in [-0.1, -0.05) is 18.2 Å². The van der Waals surface area contributed by atoms with Gasteiger partial charge in [0.15, 0.2) is 11.2 Å². The second-order valence-electron chi connectivity index (χ2n) is 8.16. The normalized spacial score (nSPS) is 24.5. The van der Waals surface area contributed by atoms with Crippen molar-refractivity contribution in [2.24, 2.45) is 11.1 Å². The van der Waals surface area contributed by atoms with Crippen molar-refractivity contribution in [2.75, 3.05) is 7.11 Å². The Morgan fingerprint density at radius 2 is 1.91 bits per heavy atom. The van der Waals surface area contributed by atoms with Crippen LogP contribution in [0, 0.1) is 38.2 Å². The summed E-state index contributed by atoms with van der Waals surface area (Å²) in [5, 5.41) is 31.3. The van der Waals surface area contributed by atoms with Crippen molar-refractivity contribution in [1.82, 2.24) is 4.90 Å². The predicted molar refractivity (Wildman–Crippen MR) is 123 cm³/mol. The number of hydrogen-bond donors (Lipinski definition) is 1. The van der Waals surface area contributed by atoms with Gasteiger partial charge in [-0.2, -0.15) is 10.5 Å². The first-order chi connectivity index (χ1) is 16.8. The number of carbonyl (C=O) groups is 2. The lowest BCUT2D eigenvalue weighted by Gasteiger charge is -2.31. The topological polar surface area (TPSA) is 163 Å². The molecule has 0 spiro atoms. The number of nitro benzene ring substituents is 1. The minimum absolute atomic E-state index is 0.213. The van der Waals surface area contributed by atoms with Gasteiger partial charge in [-0.25, -0.2) is 0 Å². The van der Waals surface area contributed by atoms with E-state index in [1.807, 2.05) is 12.1 Å². The summed E-state index contributed by atoms with van der Waals surface area (Å²) in [7, 11) is 1.49. The van der Waals surface area contributed by atoms with Crippen LogP contribution in [0.1, 0.15) is 21.8 Å². The number of fused-ring (bicyclic) bond motifs is 1. The SMILES string of the molecule is COc1ccc(C(=O)[C@@H]2[C@@H](c3cccc([N+](=O)[O-])c3)[C@](C#N)(C(N)=O)C3C=CC(C#N)=CN32)cc1.